The molecular weight excluding hydrogens is 271 g/mol. The van der Waals surface area contributed by atoms with Crippen LogP contribution in [-0.4, -0.2) is 29.8 Å². The first-order valence-corrected chi connectivity index (χ1v) is 5.96. The fourth-order valence-corrected chi connectivity index (χ4v) is 1.79. The van der Waals surface area contributed by atoms with Crippen molar-refractivity contribution in [3.05, 3.63) is 41.5 Å². The van der Waals surface area contributed by atoms with E-state index >= 15 is 0 Å². The molecule has 1 heterocycles. The lowest BCUT2D eigenvalue weighted by molar-refractivity contribution is 0.210. The molecule has 0 aliphatic carbocycles. The number of rotatable bonds is 5. The van der Waals surface area contributed by atoms with Gasteiger partial charge in [-0.15, -0.1) is 0 Å². The van der Waals surface area contributed by atoms with Crippen LogP contribution in [0.2, 0.25) is 0 Å². The largest absolute Gasteiger partial charge is 0.383 e. The maximum absolute atomic E-state index is 13.8. The summed E-state index contributed by atoms with van der Waals surface area (Å²) in [6, 6.07) is 1.42. The number of anilines is 1. The number of methoxy groups -OCH3 is 1. The number of imidazole rings is 1. The van der Waals surface area contributed by atoms with Gasteiger partial charge in [0.05, 0.1) is 18.0 Å². The lowest BCUT2D eigenvalue weighted by Crippen LogP contribution is -2.12. The fourth-order valence-electron chi connectivity index (χ4n) is 1.79. The van der Waals surface area contributed by atoms with E-state index in [-0.39, 0.29) is 5.69 Å². The second kappa shape index (κ2) is 5.96. The molecule has 0 radical (unpaired) electrons. The summed E-state index contributed by atoms with van der Waals surface area (Å²) in [6.45, 7) is 2.56. The Kier molecular flexibility index (Phi) is 4.29. The first-order chi connectivity index (χ1) is 9.52. The van der Waals surface area contributed by atoms with Crippen molar-refractivity contribution in [2.75, 3.05) is 25.6 Å². The van der Waals surface area contributed by atoms with Crippen molar-refractivity contribution in [2.24, 2.45) is 0 Å². The van der Waals surface area contributed by atoms with E-state index in [1.807, 2.05) is 0 Å². The Hall–Kier alpha value is -2.02. The Morgan fingerprint density at radius 3 is 2.75 bits per heavy atom. The Morgan fingerprint density at radius 1 is 1.30 bits per heavy atom. The third-order valence-electron chi connectivity index (χ3n) is 2.65. The molecule has 0 saturated heterocycles. The van der Waals surface area contributed by atoms with Crippen molar-refractivity contribution in [1.29, 1.82) is 0 Å². The van der Waals surface area contributed by atoms with E-state index in [9.17, 15) is 13.2 Å². The van der Waals surface area contributed by atoms with E-state index in [0.29, 0.717) is 30.9 Å². The van der Waals surface area contributed by atoms with Crippen molar-refractivity contribution >= 4 is 5.95 Å². The number of nitrogens with one attached hydrogen (secondary N) is 1. The van der Waals surface area contributed by atoms with Gasteiger partial charge in [-0.05, 0) is 6.92 Å². The quantitative estimate of drug-likeness (QED) is 0.678. The molecule has 0 unspecified atom stereocenters. The summed E-state index contributed by atoms with van der Waals surface area (Å²) in [5.74, 6) is -2.93. The summed E-state index contributed by atoms with van der Waals surface area (Å²) >= 11 is 0. The van der Waals surface area contributed by atoms with Crippen LogP contribution in [0, 0.1) is 24.4 Å². The third-order valence-corrected chi connectivity index (χ3v) is 2.65. The van der Waals surface area contributed by atoms with E-state index < -0.39 is 17.5 Å². The zero-order chi connectivity index (χ0) is 14.7. The Bertz CT molecular complexity index is 613. The Morgan fingerprint density at radius 2 is 2.05 bits per heavy atom. The number of nitrogens with zero attached hydrogens (tertiary/aromatic N) is 2. The summed E-state index contributed by atoms with van der Waals surface area (Å²) in [5, 5.41) is 2.91. The van der Waals surface area contributed by atoms with Crippen molar-refractivity contribution in [1.82, 2.24) is 9.55 Å². The smallest absolute Gasteiger partial charge is 0.207 e. The normalized spacial score (nSPS) is 10.8. The van der Waals surface area contributed by atoms with E-state index in [0.717, 1.165) is 6.07 Å². The van der Waals surface area contributed by atoms with Gasteiger partial charge in [0.2, 0.25) is 5.95 Å². The molecule has 0 amide bonds. The van der Waals surface area contributed by atoms with Gasteiger partial charge >= 0.3 is 0 Å². The Labute approximate surface area is 114 Å². The van der Waals surface area contributed by atoms with Gasteiger partial charge in [0.1, 0.15) is 5.82 Å². The molecule has 0 aliphatic rings. The van der Waals surface area contributed by atoms with E-state index in [1.54, 1.807) is 14.0 Å². The number of halogens is 3. The van der Waals surface area contributed by atoms with Crippen LogP contribution in [0.5, 0.6) is 0 Å². The lowest BCUT2D eigenvalue weighted by Gasteiger charge is -2.10. The SMILES string of the molecule is COCCNc1nc(C)cn1-c1cc(F)cc(F)c1F. The number of aryl methyl sites for hydroxylation is 1. The second-order valence-corrected chi connectivity index (χ2v) is 4.22. The van der Waals surface area contributed by atoms with Gasteiger partial charge in [-0.3, -0.25) is 4.57 Å². The summed E-state index contributed by atoms with van der Waals surface area (Å²) in [5.41, 5.74) is 0.358. The van der Waals surface area contributed by atoms with Crippen LogP contribution >= 0.6 is 0 Å². The average Bonchev–Trinajstić information content (AvgIpc) is 2.75. The third kappa shape index (κ3) is 2.93. The van der Waals surface area contributed by atoms with Crippen LogP contribution in [0.15, 0.2) is 18.3 Å². The van der Waals surface area contributed by atoms with Crippen molar-refractivity contribution in [3.63, 3.8) is 0 Å². The van der Waals surface area contributed by atoms with Gasteiger partial charge in [-0.25, -0.2) is 18.2 Å². The summed E-state index contributed by atoms with van der Waals surface area (Å²) in [4.78, 5) is 4.14. The number of benzene rings is 1. The topological polar surface area (TPSA) is 39.1 Å². The molecule has 0 spiro atoms. The zero-order valence-electron chi connectivity index (χ0n) is 11.1. The van der Waals surface area contributed by atoms with Crippen molar-refractivity contribution < 1.29 is 17.9 Å². The molecule has 7 heteroatoms. The molecule has 108 valence electrons. The molecule has 0 fully saturated rings. The van der Waals surface area contributed by atoms with Crippen molar-refractivity contribution in [2.45, 2.75) is 6.92 Å². The monoisotopic (exact) mass is 285 g/mol. The van der Waals surface area contributed by atoms with Crippen LogP contribution < -0.4 is 5.32 Å². The molecule has 0 aliphatic heterocycles. The molecule has 2 rings (SSSR count). The molecule has 1 aromatic carbocycles. The minimum Gasteiger partial charge on any atom is -0.383 e. The number of aromatic nitrogens is 2. The van der Waals surface area contributed by atoms with Crippen LogP contribution in [-0.2, 0) is 4.74 Å². The highest BCUT2D eigenvalue weighted by molar-refractivity contribution is 5.44. The maximum atomic E-state index is 13.8. The summed E-state index contributed by atoms with van der Waals surface area (Å²) in [7, 11) is 1.54. The van der Waals surface area contributed by atoms with Gasteiger partial charge in [-0.2, -0.15) is 0 Å². The minimum atomic E-state index is -1.24. The predicted octanol–water partition coefficient (Wildman–Crippen LogP) is 2.66. The highest BCUT2D eigenvalue weighted by atomic mass is 19.2. The highest BCUT2D eigenvalue weighted by Gasteiger charge is 2.16. The fraction of sp³-hybridized carbons (Fsp3) is 0.308. The van der Waals surface area contributed by atoms with Crippen LogP contribution in [0.4, 0.5) is 19.1 Å². The van der Waals surface area contributed by atoms with Crippen LogP contribution in [0.25, 0.3) is 5.69 Å². The molecular formula is C13H14F3N3O. The molecule has 0 bridgehead atoms. The van der Waals surface area contributed by atoms with Crippen LogP contribution in [0.1, 0.15) is 5.69 Å². The minimum absolute atomic E-state index is 0.233. The van der Waals surface area contributed by atoms with Gasteiger partial charge in [0.15, 0.2) is 11.6 Å². The molecule has 20 heavy (non-hydrogen) atoms. The second-order valence-electron chi connectivity index (χ2n) is 4.22. The maximum Gasteiger partial charge on any atom is 0.207 e. The van der Waals surface area contributed by atoms with Crippen LogP contribution in [0.3, 0.4) is 0 Å². The van der Waals surface area contributed by atoms with Gasteiger partial charge in [0.25, 0.3) is 0 Å². The van der Waals surface area contributed by atoms with Gasteiger partial charge < -0.3 is 10.1 Å². The molecule has 0 atom stereocenters. The number of hydrogen-bond acceptors (Lipinski definition) is 3. The number of hydrogen-bond donors (Lipinski definition) is 1. The standard InChI is InChI=1S/C13H14F3N3O/c1-8-7-19(13(18-8)17-3-4-20-2)11-6-9(14)5-10(15)12(11)16/h5-7H,3-4H2,1-2H3,(H,17,18). The highest BCUT2D eigenvalue weighted by Crippen LogP contribution is 2.22. The molecule has 2 aromatic rings. The van der Waals surface area contributed by atoms with E-state index in [1.165, 1.54) is 10.8 Å². The van der Waals surface area contributed by atoms with E-state index in [2.05, 4.69) is 10.3 Å². The molecule has 0 saturated carbocycles. The Balaban J connectivity index is 2.42. The summed E-state index contributed by atoms with van der Waals surface area (Å²) in [6.07, 6.45) is 1.49. The van der Waals surface area contributed by atoms with E-state index in [4.69, 9.17) is 4.74 Å². The first kappa shape index (κ1) is 14.4. The molecule has 1 aromatic heterocycles. The molecule has 1 N–H and O–H groups in total. The zero-order valence-corrected chi connectivity index (χ0v) is 11.1. The van der Waals surface area contributed by atoms with Gasteiger partial charge in [-0.1, -0.05) is 0 Å². The van der Waals surface area contributed by atoms with Gasteiger partial charge in [0, 0.05) is 32.0 Å². The lowest BCUT2D eigenvalue weighted by atomic mass is 10.2. The first-order valence-electron chi connectivity index (χ1n) is 5.96. The number of ether oxygens (including phenoxy) is 1. The predicted molar refractivity (Wildman–Crippen MR) is 68.5 cm³/mol. The average molecular weight is 285 g/mol. The van der Waals surface area contributed by atoms with Crippen molar-refractivity contribution in [3.8, 4) is 5.69 Å². The molecule has 4 nitrogen and oxygen atoms in total. The summed E-state index contributed by atoms with van der Waals surface area (Å²) < 4.78 is 46.5.